The molecule has 36 heavy (non-hydrogen) atoms. The van der Waals surface area contributed by atoms with E-state index in [2.05, 4.69) is 20.6 Å². The molecular weight excluding hydrogens is 473 g/mol. The first-order chi connectivity index (χ1) is 17.4. The van der Waals surface area contributed by atoms with E-state index in [4.69, 9.17) is 14.2 Å². The summed E-state index contributed by atoms with van der Waals surface area (Å²) in [5, 5.41) is 15.3. The number of anilines is 2. The van der Waals surface area contributed by atoms with E-state index in [1.165, 1.54) is 17.2 Å². The van der Waals surface area contributed by atoms with Crippen LogP contribution in [-0.2, 0) is 22.4 Å². The lowest BCUT2D eigenvalue weighted by Gasteiger charge is -2.18. The molecule has 1 aromatic carbocycles. The topological polar surface area (TPSA) is 135 Å². The maximum absolute atomic E-state index is 14.5. The third-order valence-corrected chi connectivity index (χ3v) is 6.30. The number of carbonyl (C=O) groups excluding carboxylic acids is 2. The van der Waals surface area contributed by atoms with Crippen LogP contribution in [0, 0.1) is 11.7 Å². The van der Waals surface area contributed by atoms with Gasteiger partial charge in [-0.25, -0.2) is 19.2 Å². The van der Waals surface area contributed by atoms with Crippen LogP contribution in [0.5, 0.6) is 11.6 Å². The quantitative estimate of drug-likeness (QED) is 0.436. The Bertz CT molecular complexity index is 1160. The maximum Gasteiger partial charge on any atom is 0.415 e. The van der Waals surface area contributed by atoms with Crippen LogP contribution in [0.15, 0.2) is 18.3 Å². The molecule has 2 amide bonds. The van der Waals surface area contributed by atoms with Gasteiger partial charge in [-0.1, -0.05) is 0 Å². The number of aliphatic hydroxyl groups excluding tert-OH is 1. The summed E-state index contributed by atoms with van der Waals surface area (Å²) >= 11 is 0. The molecule has 2 aromatic rings. The van der Waals surface area contributed by atoms with E-state index >= 15 is 0 Å². The van der Waals surface area contributed by atoms with E-state index < -0.39 is 12.2 Å². The molecule has 1 fully saturated rings. The third kappa shape index (κ3) is 5.34. The normalized spacial score (nSPS) is 21.4. The highest BCUT2D eigenvalue weighted by Crippen LogP contribution is 2.32. The van der Waals surface area contributed by atoms with Crippen molar-refractivity contribution in [3.63, 3.8) is 0 Å². The fourth-order valence-electron chi connectivity index (χ4n) is 4.61. The van der Waals surface area contributed by atoms with Gasteiger partial charge in [0.25, 0.3) is 11.8 Å². The van der Waals surface area contributed by atoms with Crippen LogP contribution in [0.4, 0.5) is 20.8 Å². The Morgan fingerprint density at radius 2 is 2.22 bits per heavy atom. The zero-order chi connectivity index (χ0) is 25.2. The minimum Gasteiger partial charge on any atom is -0.491 e. The molecule has 3 unspecified atom stereocenters. The fraction of sp³-hybridized carbons (Fsp3) is 0.500. The predicted molar refractivity (Wildman–Crippen MR) is 126 cm³/mol. The van der Waals surface area contributed by atoms with Crippen molar-refractivity contribution in [2.45, 2.75) is 38.4 Å². The Labute approximate surface area is 207 Å². The number of hydrogen-bond donors (Lipinski definition) is 3. The summed E-state index contributed by atoms with van der Waals surface area (Å²) < 4.78 is 30.6. The number of halogens is 1. The van der Waals surface area contributed by atoms with Gasteiger partial charge in [0.15, 0.2) is 18.2 Å². The number of cyclic esters (lactones) is 1. The fourth-order valence-corrected chi connectivity index (χ4v) is 4.61. The van der Waals surface area contributed by atoms with Crippen LogP contribution in [0.3, 0.4) is 0 Å². The summed E-state index contributed by atoms with van der Waals surface area (Å²) in [7, 11) is 0. The van der Waals surface area contributed by atoms with Crippen molar-refractivity contribution in [3.8, 4) is 11.6 Å². The summed E-state index contributed by atoms with van der Waals surface area (Å²) in [5.41, 5.74) is 1.66. The molecule has 3 aliphatic rings. The molecule has 3 N–H and O–H groups in total. The average molecular weight is 502 g/mol. The highest BCUT2D eigenvalue weighted by molar-refractivity contribution is 5.94. The summed E-state index contributed by atoms with van der Waals surface area (Å²) in [6, 6.07) is 3.24. The van der Waals surface area contributed by atoms with Crippen LogP contribution in [0.25, 0.3) is 0 Å². The molecule has 0 bridgehead atoms. The molecule has 1 aliphatic carbocycles. The van der Waals surface area contributed by atoms with Gasteiger partial charge in [-0.05, 0) is 62.4 Å². The molecule has 0 radical (unpaired) electrons. The Hall–Kier alpha value is -3.51. The average Bonchev–Trinajstić information content (AvgIpc) is 3.43. The van der Waals surface area contributed by atoms with Crippen LogP contribution < -0.4 is 25.0 Å². The number of aliphatic hydroxyl groups is 1. The van der Waals surface area contributed by atoms with Crippen LogP contribution >= 0.6 is 0 Å². The number of nitrogens with one attached hydrogen (secondary N) is 2. The van der Waals surface area contributed by atoms with Gasteiger partial charge in [-0.15, -0.1) is 0 Å². The first-order valence-corrected chi connectivity index (χ1v) is 12.0. The Kier molecular flexibility index (Phi) is 6.88. The lowest BCUT2D eigenvalue weighted by molar-refractivity contribution is -0.118. The minimum atomic E-state index is -0.618. The van der Waals surface area contributed by atoms with Crippen LogP contribution in [0.1, 0.15) is 24.5 Å². The van der Waals surface area contributed by atoms with Crippen molar-refractivity contribution in [1.29, 1.82) is 0 Å². The molecule has 2 aliphatic heterocycles. The lowest BCUT2D eigenvalue weighted by atomic mass is 10.1. The van der Waals surface area contributed by atoms with E-state index in [0.717, 1.165) is 17.5 Å². The van der Waals surface area contributed by atoms with E-state index in [1.54, 1.807) is 6.92 Å². The van der Waals surface area contributed by atoms with Gasteiger partial charge in [0, 0.05) is 6.07 Å². The van der Waals surface area contributed by atoms with Crippen molar-refractivity contribution in [2.75, 3.05) is 43.1 Å². The van der Waals surface area contributed by atoms with Gasteiger partial charge < -0.3 is 30.0 Å². The number of rotatable bonds is 9. The van der Waals surface area contributed by atoms with Crippen LogP contribution in [-0.4, -0.2) is 72.1 Å². The molecule has 3 atom stereocenters. The molecule has 192 valence electrons. The third-order valence-electron chi connectivity index (χ3n) is 6.30. The van der Waals surface area contributed by atoms with Crippen molar-refractivity contribution in [2.24, 2.45) is 5.92 Å². The molecule has 3 heterocycles. The molecular formula is C24H28FN5O6. The van der Waals surface area contributed by atoms with Crippen molar-refractivity contribution in [3.05, 3.63) is 35.3 Å². The highest BCUT2D eigenvalue weighted by atomic mass is 19.1. The lowest BCUT2D eigenvalue weighted by Crippen LogP contribution is -2.30. The zero-order valence-corrected chi connectivity index (χ0v) is 19.8. The van der Waals surface area contributed by atoms with E-state index in [1.807, 2.05) is 6.07 Å². The second kappa shape index (κ2) is 10.2. The molecule has 11 nitrogen and oxygen atoms in total. The Balaban J connectivity index is 1.08. The van der Waals surface area contributed by atoms with Gasteiger partial charge in [0.05, 0.1) is 18.8 Å². The van der Waals surface area contributed by atoms with Gasteiger partial charge in [-0.2, -0.15) is 0 Å². The number of aromatic nitrogens is 2. The smallest absolute Gasteiger partial charge is 0.415 e. The number of ether oxygens (including phenoxy) is 3. The van der Waals surface area contributed by atoms with Gasteiger partial charge in [-0.3, -0.25) is 9.69 Å². The van der Waals surface area contributed by atoms with Gasteiger partial charge in [0.1, 0.15) is 24.3 Å². The largest absolute Gasteiger partial charge is 0.491 e. The number of nitrogens with zero attached hydrogens (tertiary/aromatic N) is 3. The molecule has 12 heteroatoms. The predicted octanol–water partition coefficient (Wildman–Crippen LogP) is 1.43. The first kappa shape index (κ1) is 24.2. The number of fused-ring (bicyclic) bond motifs is 2. The van der Waals surface area contributed by atoms with Crippen molar-refractivity contribution >= 4 is 23.6 Å². The maximum atomic E-state index is 14.5. The Morgan fingerprint density at radius 3 is 3.06 bits per heavy atom. The standard InChI is InChI=1S/C24H28FN5O6/c1-13(31)11-34-17-6-15-4-14(5-18(15)19(25)7-17)8-26-3-2-16-10-30(24(33)36-16)20-9-27-23-22(28-20)29-21(32)12-35-23/h6-7,9,13-14,16,26,31H,2-5,8,10-12H2,1H3,(H,28,29,32). The van der Waals surface area contributed by atoms with Crippen molar-refractivity contribution in [1.82, 2.24) is 15.3 Å². The highest BCUT2D eigenvalue weighted by Gasteiger charge is 2.34. The first-order valence-electron chi connectivity index (χ1n) is 12.0. The molecule has 0 saturated carbocycles. The Morgan fingerprint density at radius 1 is 1.36 bits per heavy atom. The van der Waals surface area contributed by atoms with E-state index in [9.17, 15) is 19.1 Å². The second-order valence-corrected chi connectivity index (χ2v) is 9.31. The summed E-state index contributed by atoms with van der Waals surface area (Å²) in [6.07, 6.45) is 1.95. The minimum absolute atomic E-state index is 0.121. The molecule has 1 saturated heterocycles. The number of amides is 2. The van der Waals surface area contributed by atoms with Crippen LogP contribution in [0.2, 0.25) is 0 Å². The molecule has 1 aromatic heterocycles. The number of carbonyl (C=O) groups is 2. The number of hydrogen-bond acceptors (Lipinski definition) is 9. The SMILES string of the molecule is CC(O)COc1cc(F)c2c(c1)CC(CNCCC1CN(c3cnc4c(n3)NC(=O)CO4)C(=O)O1)C2. The van der Waals surface area contributed by atoms with E-state index in [0.29, 0.717) is 38.2 Å². The molecule has 0 spiro atoms. The summed E-state index contributed by atoms with van der Waals surface area (Å²) in [5.74, 6) is 0.758. The summed E-state index contributed by atoms with van der Waals surface area (Å²) in [4.78, 5) is 33.6. The van der Waals surface area contributed by atoms with E-state index in [-0.39, 0.29) is 54.5 Å². The second-order valence-electron chi connectivity index (χ2n) is 9.31. The monoisotopic (exact) mass is 501 g/mol. The van der Waals surface area contributed by atoms with Gasteiger partial charge in [0.2, 0.25) is 0 Å². The summed E-state index contributed by atoms with van der Waals surface area (Å²) in [6.45, 7) is 3.27. The zero-order valence-electron chi connectivity index (χ0n) is 19.8. The van der Waals surface area contributed by atoms with Crippen molar-refractivity contribution < 1.29 is 33.3 Å². The van der Waals surface area contributed by atoms with Gasteiger partial charge >= 0.3 is 6.09 Å². The molecule has 5 rings (SSSR count). The number of benzene rings is 1.